The lowest BCUT2D eigenvalue weighted by atomic mass is 10.3. The Balaban J connectivity index is 2.45. The van der Waals surface area contributed by atoms with Crippen molar-refractivity contribution in [3.63, 3.8) is 0 Å². The second-order valence-electron chi connectivity index (χ2n) is 3.64. The maximum atomic E-state index is 12.7. The molecule has 0 aromatic heterocycles. The van der Waals surface area contributed by atoms with Crippen LogP contribution in [0, 0.1) is 5.82 Å². The van der Waals surface area contributed by atoms with Gasteiger partial charge in [0.05, 0.1) is 16.8 Å². The van der Waals surface area contributed by atoms with E-state index in [4.69, 9.17) is 16.7 Å². The van der Waals surface area contributed by atoms with Crippen LogP contribution in [0.2, 0.25) is 5.02 Å². The van der Waals surface area contributed by atoms with E-state index < -0.39 is 18.0 Å². The van der Waals surface area contributed by atoms with E-state index in [2.05, 4.69) is 10.6 Å². The summed E-state index contributed by atoms with van der Waals surface area (Å²) >= 11 is 5.74. The molecule has 0 spiro atoms. The molecule has 0 saturated heterocycles. The number of amides is 2. The molecule has 1 rings (SSSR count). The van der Waals surface area contributed by atoms with E-state index in [9.17, 15) is 9.18 Å². The van der Waals surface area contributed by atoms with Crippen molar-refractivity contribution in [2.24, 2.45) is 0 Å². The Bertz CT molecular complexity index is 399. The lowest BCUT2D eigenvalue weighted by Gasteiger charge is -2.09. The van der Waals surface area contributed by atoms with E-state index in [1.54, 1.807) is 6.92 Å². The van der Waals surface area contributed by atoms with Gasteiger partial charge in [0.15, 0.2) is 0 Å². The van der Waals surface area contributed by atoms with Crippen LogP contribution in [0.4, 0.5) is 14.9 Å². The zero-order valence-corrected chi connectivity index (χ0v) is 10.1. The van der Waals surface area contributed by atoms with Crippen LogP contribution in [-0.2, 0) is 0 Å². The number of rotatable bonds is 4. The summed E-state index contributed by atoms with van der Waals surface area (Å²) in [5.41, 5.74) is 0.336. The lowest BCUT2D eigenvalue weighted by Crippen LogP contribution is -2.31. The van der Waals surface area contributed by atoms with Crippen LogP contribution < -0.4 is 10.6 Å². The monoisotopic (exact) mass is 260 g/mol. The number of hydrogen-bond donors (Lipinski definition) is 3. The number of halogens is 2. The number of nitrogens with one attached hydrogen (secondary N) is 2. The van der Waals surface area contributed by atoms with Crippen molar-refractivity contribution >= 4 is 23.3 Å². The van der Waals surface area contributed by atoms with Gasteiger partial charge < -0.3 is 15.7 Å². The number of carbonyl (C=O) groups is 1. The van der Waals surface area contributed by atoms with Gasteiger partial charge in [-0.1, -0.05) is 11.6 Å². The topological polar surface area (TPSA) is 61.4 Å². The molecular weight excluding hydrogens is 247 g/mol. The standard InChI is InChI=1S/C11H14ClFN2O2/c1-7(16)4-5-14-11(17)15-10-3-2-8(13)6-9(10)12/h2-3,6-7,16H,4-5H2,1H3,(H2,14,15,17). The molecule has 1 unspecified atom stereocenters. The molecule has 0 aliphatic carbocycles. The first-order valence-electron chi connectivity index (χ1n) is 5.17. The molecule has 0 aliphatic heterocycles. The van der Waals surface area contributed by atoms with Crippen molar-refractivity contribution in [1.82, 2.24) is 5.32 Å². The van der Waals surface area contributed by atoms with Gasteiger partial charge in [-0.15, -0.1) is 0 Å². The molecule has 4 nitrogen and oxygen atoms in total. The molecule has 0 radical (unpaired) electrons. The molecule has 0 aliphatic rings. The fraction of sp³-hybridized carbons (Fsp3) is 0.364. The first-order chi connectivity index (χ1) is 7.99. The normalized spacial score (nSPS) is 12.0. The third-order valence-corrected chi connectivity index (χ3v) is 2.34. The van der Waals surface area contributed by atoms with Crippen molar-refractivity contribution in [2.45, 2.75) is 19.4 Å². The van der Waals surface area contributed by atoms with E-state index in [-0.39, 0.29) is 5.02 Å². The molecule has 17 heavy (non-hydrogen) atoms. The van der Waals surface area contributed by atoms with Gasteiger partial charge in [0, 0.05) is 6.54 Å². The fourth-order valence-corrected chi connectivity index (χ4v) is 1.37. The minimum absolute atomic E-state index is 0.135. The second kappa shape index (κ2) is 6.42. The SMILES string of the molecule is CC(O)CCNC(=O)Nc1ccc(F)cc1Cl. The average molecular weight is 261 g/mol. The summed E-state index contributed by atoms with van der Waals surface area (Å²) in [5.74, 6) is -0.463. The molecule has 1 atom stereocenters. The highest BCUT2D eigenvalue weighted by atomic mass is 35.5. The summed E-state index contributed by atoms with van der Waals surface area (Å²) in [7, 11) is 0. The molecule has 2 amide bonds. The Morgan fingerprint density at radius 1 is 1.59 bits per heavy atom. The van der Waals surface area contributed by atoms with Crippen molar-refractivity contribution in [3.05, 3.63) is 29.0 Å². The number of hydrogen-bond acceptors (Lipinski definition) is 2. The van der Waals surface area contributed by atoms with Gasteiger partial charge in [0.1, 0.15) is 5.82 Å². The third-order valence-electron chi connectivity index (χ3n) is 2.03. The highest BCUT2D eigenvalue weighted by Crippen LogP contribution is 2.22. The summed E-state index contributed by atoms with van der Waals surface area (Å²) in [4.78, 5) is 11.4. The molecule has 1 aromatic rings. The van der Waals surface area contributed by atoms with Crippen LogP contribution in [0.3, 0.4) is 0 Å². The minimum Gasteiger partial charge on any atom is -0.393 e. The van der Waals surface area contributed by atoms with E-state index >= 15 is 0 Å². The number of carbonyl (C=O) groups excluding carboxylic acids is 1. The van der Waals surface area contributed by atoms with Crippen molar-refractivity contribution < 1.29 is 14.3 Å². The molecule has 1 aromatic carbocycles. The number of aliphatic hydroxyl groups excluding tert-OH is 1. The molecule has 94 valence electrons. The predicted molar refractivity (Wildman–Crippen MR) is 64.7 cm³/mol. The Kier molecular flexibility index (Phi) is 5.18. The first-order valence-corrected chi connectivity index (χ1v) is 5.55. The van der Waals surface area contributed by atoms with Gasteiger partial charge in [0.2, 0.25) is 0 Å². The quantitative estimate of drug-likeness (QED) is 0.778. The molecule has 0 bridgehead atoms. The minimum atomic E-state index is -0.468. The van der Waals surface area contributed by atoms with Gasteiger partial charge in [-0.25, -0.2) is 9.18 Å². The number of aliphatic hydroxyl groups is 1. The Hall–Kier alpha value is -1.33. The van der Waals surface area contributed by atoms with E-state index in [1.807, 2.05) is 0 Å². The number of urea groups is 1. The van der Waals surface area contributed by atoms with Crippen molar-refractivity contribution in [3.8, 4) is 0 Å². The largest absolute Gasteiger partial charge is 0.393 e. The highest BCUT2D eigenvalue weighted by Gasteiger charge is 2.06. The van der Waals surface area contributed by atoms with Gasteiger partial charge in [-0.2, -0.15) is 0 Å². The van der Waals surface area contributed by atoms with Gasteiger partial charge >= 0.3 is 6.03 Å². The molecular formula is C11H14ClFN2O2. The summed E-state index contributed by atoms with van der Waals surface area (Å²) in [6.07, 6.45) is -0.00499. The first kappa shape index (κ1) is 13.7. The molecule has 6 heteroatoms. The summed E-state index contributed by atoms with van der Waals surface area (Å²) in [5, 5.41) is 14.2. The van der Waals surface area contributed by atoms with Crippen molar-refractivity contribution in [2.75, 3.05) is 11.9 Å². The fourth-order valence-electron chi connectivity index (χ4n) is 1.15. The molecule has 0 heterocycles. The highest BCUT2D eigenvalue weighted by molar-refractivity contribution is 6.33. The Morgan fingerprint density at radius 2 is 2.29 bits per heavy atom. The van der Waals surface area contributed by atoms with Gasteiger partial charge in [-0.3, -0.25) is 0 Å². The zero-order valence-electron chi connectivity index (χ0n) is 9.34. The maximum Gasteiger partial charge on any atom is 0.319 e. The summed E-state index contributed by atoms with van der Waals surface area (Å²) in [6, 6.07) is 3.26. The van der Waals surface area contributed by atoms with Crippen molar-refractivity contribution in [1.29, 1.82) is 0 Å². The van der Waals surface area contributed by atoms with Crippen LogP contribution >= 0.6 is 11.6 Å². The lowest BCUT2D eigenvalue weighted by molar-refractivity contribution is 0.184. The van der Waals surface area contributed by atoms with E-state index in [1.165, 1.54) is 12.1 Å². The maximum absolute atomic E-state index is 12.7. The van der Waals surface area contributed by atoms with Crippen LogP contribution in [0.15, 0.2) is 18.2 Å². The van der Waals surface area contributed by atoms with Crippen LogP contribution in [0.5, 0.6) is 0 Å². The predicted octanol–water partition coefficient (Wildman–Crippen LogP) is 2.37. The smallest absolute Gasteiger partial charge is 0.319 e. The number of anilines is 1. The van der Waals surface area contributed by atoms with Crippen LogP contribution in [-0.4, -0.2) is 23.8 Å². The number of benzene rings is 1. The summed E-state index contributed by atoms with van der Waals surface area (Å²) < 4.78 is 12.7. The Labute approximate surface area is 104 Å². The zero-order chi connectivity index (χ0) is 12.8. The molecule has 0 fully saturated rings. The summed E-state index contributed by atoms with van der Waals surface area (Å²) in [6.45, 7) is 1.98. The molecule has 0 saturated carbocycles. The van der Waals surface area contributed by atoms with Crippen LogP contribution in [0.25, 0.3) is 0 Å². The van der Waals surface area contributed by atoms with E-state index in [0.29, 0.717) is 18.7 Å². The Morgan fingerprint density at radius 3 is 2.88 bits per heavy atom. The third kappa shape index (κ3) is 5.01. The molecule has 3 N–H and O–H groups in total. The van der Waals surface area contributed by atoms with Crippen LogP contribution in [0.1, 0.15) is 13.3 Å². The average Bonchev–Trinajstić information content (AvgIpc) is 2.21. The van der Waals surface area contributed by atoms with E-state index in [0.717, 1.165) is 6.07 Å². The van der Waals surface area contributed by atoms with Gasteiger partial charge in [0.25, 0.3) is 0 Å². The second-order valence-corrected chi connectivity index (χ2v) is 4.05. The van der Waals surface area contributed by atoms with Gasteiger partial charge in [-0.05, 0) is 31.5 Å².